The first-order chi connectivity index (χ1) is 9.05. The van der Waals surface area contributed by atoms with Gasteiger partial charge in [0.25, 0.3) is 0 Å². The molecule has 0 bridgehead atoms. The number of hydrogen-bond acceptors (Lipinski definition) is 2. The van der Waals surface area contributed by atoms with Crippen molar-refractivity contribution in [1.29, 1.82) is 0 Å². The van der Waals surface area contributed by atoms with Crippen molar-refractivity contribution in [2.24, 2.45) is 0 Å². The van der Waals surface area contributed by atoms with Gasteiger partial charge in [-0.3, -0.25) is 0 Å². The molecule has 106 valence electrons. The zero-order valence-corrected chi connectivity index (χ0v) is 12.0. The van der Waals surface area contributed by atoms with Crippen molar-refractivity contribution in [2.45, 2.75) is 0 Å². The second-order valence-electron chi connectivity index (χ2n) is 3.95. The highest BCUT2D eigenvalue weighted by molar-refractivity contribution is 5.80. The molecule has 0 radical (unpaired) electrons. The second kappa shape index (κ2) is 12.6. The molecule has 0 fully saturated rings. The van der Waals surface area contributed by atoms with Gasteiger partial charge in [-0.05, 0) is 24.3 Å². The lowest BCUT2D eigenvalue weighted by molar-refractivity contribution is -0.906. The molecule has 0 saturated heterocycles. The number of carbonyl (C=O) groups excluding carboxylic acids is 1. The van der Waals surface area contributed by atoms with Crippen LogP contribution in [0.5, 0.6) is 0 Å². The van der Waals surface area contributed by atoms with Crippen LogP contribution in [0.3, 0.4) is 0 Å². The van der Waals surface area contributed by atoms with Crippen molar-refractivity contribution in [1.82, 2.24) is 0 Å². The highest BCUT2D eigenvalue weighted by Gasteiger charge is 2.20. The zero-order chi connectivity index (χ0) is 15.1. The number of methoxy groups -OCH3 is 1. The smallest absolute Gasteiger partial charge is 0.329 e. The minimum atomic E-state index is -0.394. The van der Waals surface area contributed by atoms with E-state index in [-0.39, 0.29) is 0 Å². The molecule has 0 aromatic heterocycles. The fraction of sp³-hybridized carbons (Fsp3) is 0.312. The van der Waals surface area contributed by atoms with Crippen LogP contribution in [-0.4, -0.2) is 43.7 Å². The Balaban J connectivity index is 0. The summed E-state index contributed by atoms with van der Waals surface area (Å²) in [7, 11) is 1.31. The highest BCUT2D eigenvalue weighted by Crippen LogP contribution is 2.07. The Morgan fingerprint density at radius 3 is 1.32 bits per heavy atom. The molecule has 0 unspecified atom stereocenters. The molecule has 0 aromatic rings. The van der Waals surface area contributed by atoms with E-state index in [1.807, 2.05) is 24.3 Å². The van der Waals surface area contributed by atoms with E-state index in [2.05, 4.69) is 37.6 Å². The Labute approximate surface area is 117 Å². The first kappa shape index (κ1) is 19.5. The lowest BCUT2D eigenvalue weighted by Gasteiger charge is -2.35. The van der Waals surface area contributed by atoms with Crippen molar-refractivity contribution >= 4 is 5.97 Å². The van der Waals surface area contributed by atoms with Gasteiger partial charge in [0.1, 0.15) is 0 Å². The predicted molar refractivity (Wildman–Crippen MR) is 82.7 cm³/mol. The number of nitrogens with zero attached hydrogens (tertiary/aromatic N) is 1. The fourth-order valence-electron chi connectivity index (χ4n) is 1.63. The molecule has 3 nitrogen and oxygen atoms in total. The first-order valence-corrected chi connectivity index (χ1v) is 6.04. The third kappa shape index (κ3) is 9.80. The molecule has 0 aliphatic rings. The van der Waals surface area contributed by atoms with Crippen LogP contribution in [0, 0.1) is 0 Å². The summed E-state index contributed by atoms with van der Waals surface area (Å²) in [4.78, 5) is 9.84. The van der Waals surface area contributed by atoms with Crippen LogP contribution < -0.4 is 0 Å². The van der Waals surface area contributed by atoms with Crippen LogP contribution in [0.15, 0.2) is 63.3 Å². The van der Waals surface area contributed by atoms with E-state index < -0.39 is 5.97 Å². The number of ether oxygens (including phenoxy) is 1. The quantitative estimate of drug-likeness (QED) is 0.277. The Bertz CT molecular complexity index is 273. The summed E-state index contributed by atoms with van der Waals surface area (Å²) in [5.74, 6) is -0.394. The molecule has 19 heavy (non-hydrogen) atoms. The van der Waals surface area contributed by atoms with E-state index in [0.29, 0.717) is 0 Å². The lowest BCUT2D eigenvalue weighted by Crippen LogP contribution is -2.48. The molecule has 0 heterocycles. The van der Waals surface area contributed by atoms with Gasteiger partial charge in [0.05, 0.1) is 33.3 Å². The van der Waals surface area contributed by atoms with E-state index in [0.717, 1.165) is 36.7 Å². The van der Waals surface area contributed by atoms with Crippen molar-refractivity contribution < 1.29 is 14.0 Å². The van der Waals surface area contributed by atoms with Crippen molar-refractivity contribution in [3.8, 4) is 0 Å². The summed E-state index contributed by atoms with van der Waals surface area (Å²) in [5, 5.41) is 0. The maximum atomic E-state index is 9.84. The minimum absolute atomic E-state index is 0.394. The van der Waals surface area contributed by atoms with E-state index in [1.54, 1.807) is 0 Å². The molecule has 0 rings (SSSR count). The van der Waals surface area contributed by atoms with Crippen molar-refractivity contribution in [3.63, 3.8) is 0 Å². The maximum Gasteiger partial charge on any atom is 0.329 e. The molecule has 0 aliphatic heterocycles. The van der Waals surface area contributed by atoms with E-state index in [9.17, 15) is 4.79 Å². The number of hydrogen-bond donors (Lipinski definition) is 0. The predicted octanol–water partition coefficient (Wildman–Crippen LogP) is 2.89. The molecule has 0 amide bonds. The molecule has 3 heteroatoms. The van der Waals surface area contributed by atoms with E-state index >= 15 is 0 Å². The van der Waals surface area contributed by atoms with E-state index in [1.165, 1.54) is 7.11 Å². The number of rotatable bonds is 9. The largest absolute Gasteiger partial charge is 0.466 e. The van der Waals surface area contributed by atoms with Crippen LogP contribution in [-0.2, 0) is 9.53 Å². The SMILES string of the molecule is C=CC(=O)OC.C=CC[N+](CC=C)(CC=C)CC=C. The molecule has 0 aliphatic carbocycles. The molecule has 0 N–H and O–H groups in total. The third-order valence-corrected chi connectivity index (χ3v) is 2.43. The summed E-state index contributed by atoms with van der Waals surface area (Å²) in [6.07, 6.45) is 8.88. The Kier molecular flexibility index (Phi) is 12.9. The summed E-state index contributed by atoms with van der Waals surface area (Å²) in [6, 6.07) is 0. The molecule has 0 aromatic carbocycles. The van der Waals surface area contributed by atoms with Gasteiger partial charge < -0.3 is 9.22 Å². The minimum Gasteiger partial charge on any atom is -0.466 e. The van der Waals surface area contributed by atoms with Gasteiger partial charge in [-0.25, -0.2) is 4.79 Å². The Morgan fingerprint density at radius 2 is 1.21 bits per heavy atom. The number of carbonyl (C=O) groups is 1. The topological polar surface area (TPSA) is 26.3 Å². The average molecular weight is 264 g/mol. The van der Waals surface area contributed by atoms with E-state index in [4.69, 9.17) is 0 Å². The summed E-state index contributed by atoms with van der Waals surface area (Å²) < 4.78 is 5.05. The van der Waals surface area contributed by atoms with Gasteiger partial charge in [0.2, 0.25) is 0 Å². The van der Waals surface area contributed by atoms with Crippen molar-refractivity contribution in [3.05, 3.63) is 63.3 Å². The summed E-state index contributed by atoms with van der Waals surface area (Å²) in [6.45, 7) is 22.0. The third-order valence-electron chi connectivity index (χ3n) is 2.43. The molecular weight excluding hydrogens is 238 g/mol. The Morgan fingerprint density at radius 1 is 0.895 bits per heavy atom. The normalized spacial score (nSPS) is 9.32. The molecule has 0 saturated carbocycles. The Hall–Kier alpha value is -1.87. The van der Waals surface area contributed by atoms with Crippen LogP contribution in [0.25, 0.3) is 0 Å². The number of quaternary nitrogens is 1. The monoisotopic (exact) mass is 264 g/mol. The zero-order valence-electron chi connectivity index (χ0n) is 12.0. The van der Waals surface area contributed by atoms with Crippen LogP contribution >= 0.6 is 0 Å². The van der Waals surface area contributed by atoms with Crippen LogP contribution in [0.2, 0.25) is 0 Å². The standard InChI is InChI=1S/C12H20N.C4H6O2/c1-5-9-13(10-6-2,11-7-3)12-8-4;1-3-4(5)6-2/h5-8H,1-4,9-12H2;3H,1H2,2H3/q+1;. The number of esters is 1. The average Bonchev–Trinajstić information content (AvgIpc) is 2.40. The van der Waals surface area contributed by atoms with Gasteiger partial charge in [0.15, 0.2) is 0 Å². The van der Waals surface area contributed by atoms with Crippen LogP contribution in [0.1, 0.15) is 0 Å². The summed E-state index contributed by atoms with van der Waals surface area (Å²) >= 11 is 0. The van der Waals surface area contributed by atoms with Gasteiger partial charge in [-0.15, -0.1) is 0 Å². The maximum absolute atomic E-state index is 9.84. The fourth-order valence-corrected chi connectivity index (χ4v) is 1.63. The van der Waals surface area contributed by atoms with Gasteiger partial charge >= 0.3 is 5.97 Å². The molecular formula is C16H26NO2+. The van der Waals surface area contributed by atoms with Gasteiger partial charge in [0, 0.05) is 6.08 Å². The second-order valence-corrected chi connectivity index (χ2v) is 3.95. The lowest BCUT2D eigenvalue weighted by atomic mass is 10.3. The molecule has 0 spiro atoms. The highest BCUT2D eigenvalue weighted by atomic mass is 16.5. The van der Waals surface area contributed by atoms with Gasteiger partial charge in [-0.2, -0.15) is 0 Å². The van der Waals surface area contributed by atoms with Gasteiger partial charge in [-0.1, -0.05) is 32.9 Å². The summed E-state index contributed by atoms with van der Waals surface area (Å²) in [5.41, 5.74) is 0. The van der Waals surface area contributed by atoms with Crippen molar-refractivity contribution in [2.75, 3.05) is 33.3 Å². The first-order valence-electron chi connectivity index (χ1n) is 6.04. The van der Waals surface area contributed by atoms with Crippen LogP contribution in [0.4, 0.5) is 0 Å². The molecule has 0 atom stereocenters.